The Morgan fingerprint density at radius 1 is 0.966 bits per heavy atom. The van der Waals surface area contributed by atoms with Crippen LogP contribution in [0.15, 0.2) is 18.2 Å². The van der Waals surface area contributed by atoms with Crippen LogP contribution in [0.3, 0.4) is 0 Å². The summed E-state index contributed by atoms with van der Waals surface area (Å²) in [6, 6.07) is 0.721. The Hall–Kier alpha value is -2.21. The number of amides is 1. The van der Waals surface area contributed by atoms with E-state index in [9.17, 15) is 31.1 Å². The molecule has 1 aromatic heterocycles. The van der Waals surface area contributed by atoms with Gasteiger partial charge in [0, 0.05) is 5.56 Å². The summed E-state index contributed by atoms with van der Waals surface area (Å²) < 4.78 is 77.6. The highest BCUT2D eigenvalue weighted by Gasteiger charge is 2.37. The van der Waals surface area contributed by atoms with Gasteiger partial charge in [-0.25, -0.2) is 0 Å². The van der Waals surface area contributed by atoms with Gasteiger partial charge >= 0.3 is 12.4 Å². The molecule has 1 aliphatic heterocycles. The third-order valence-corrected chi connectivity index (χ3v) is 5.17. The third-order valence-electron chi connectivity index (χ3n) is 4.34. The predicted molar refractivity (Wildman–Crippen MR) is 93.4 cm³/mol. The van der Waals surface area contributed by atoms with Crippen molar-refractivity contribution in [2.75, 3.05) is 18.4 Å². The first-order valence-corrected chi connectivity index (χ1v) is 9.49. The zero-order valence-corrected chi connectivity index (χ0v) is 15.7. The van der Waals surface area contributed by atoms with Gasteiger partial charge in [0.1, 0.15) is 5.01 Å². The number of nitrogens with one attached hydrogen (secondary N) is 1. The SMILES string of the molecule is O=C(Nc1nnc(CN2CCCCC2)s1)c1cc(C(F)(F)F)cc(C(F)(F)F)c1. The van der Waals surface area contributed by atoms with Crippen LogP contribution in [0.2, 0.25) is 0 Å². The van der Waals surface area contributed by atoms with Crippen LogP contribution >= 0.6 is 11.3 Å². The van der Waals surface area contributed by atoms with Gasteiger partial charge in [-0.05, 0) is 44.1 Å². The maximum atomic E-state index is 12.9. The van der Waals surface area contributed by atoms with Gasteiger partial charge < -0.3 is 0 Å². The monoisotopic (exact) mass is 438 g/mol. The Labute approximate surface area is 165 Å². The zero-order chi connectivity index (χ0) is 21.2. The number of anilines is 1. The van der Waals surface area contributed by atoms with Crippen LogP contribution in [0.25, 0.3) is 0 Å². The molecule has 0 aliphatic carbocycles. The van der Waals surface area contributed by atoms with Crippen molar-refractivity contribution in [2.24, 2.45) is 0 Å². The van der Waals surface area contributed by atoms with E-state index in [0.717, 1.165) is 43.7 Å². The molecular formula is C17H16F6N4OS. The van der Waals surface area contributed by atoms with Crippen LogP contribution in [0, 0.1) is 0 Å². The highest BCUT2D eigenvalue weighted by atomic mass is 32.1. The van der Waals surface area contributed by atoms with Gasteiger partial charge in [0.2, 0.25) is 5.13 Å². The second-order valence-electron chi connectivity index (χ2n) is 6.59. The van der Waals surface area contributed by atoms with Crippen molar-refractivity contribution >= 4 is 22.4 Å². The molecular weight excluding hydrogens is 422 g/mol. The minimum absolute atomic E-state index is 0.00739. The first kappa shape index (κ1) is 21.5. The van der Waals surface area contributed by atoms with E-state index in [1.54, 1.807) is 0 Å². The summed E-state index contributed by atoms with van der Waals surface area (Å²) >= 11 is 1.03. The van der Waals surface area contributed by atoms with Crippen LogP contribution in [0.1, 0.15) is 45.8 Å². The van der Waals surface area contributed by atoms with Crippen LogP contribution in [-0.2, 0) is 18.9 Å². The van der Waals surface area contributed by atoms with E-state index < -0.39 is 35.0 Å². The molecule has 2 heterocycles. The van der Waals surface area contributed by atoms with Crippen molar-refractivity contribution in [3.05, 3.63) is 39.9 Å². The van der Waals surface area contributed by atoms with Crippen LogP contribution in [0.4, 0.5) is 31.5 Å². The minimum Gasteiger partial charge on any atom is -0.297 e. The number of halogens is 6. The fraction of sp³-hybridized carbons (Fsp3) is 0.471. The van der Waals surface area contributed by atoms with Gasteiger partial charge in [0.05, 0.1) is 17.7 Å². The lowest BCUT2D eigenvalue weighted by molar-refractivity contribution is -0.143. The van der Waals surface area contributed by atoms with Crippen molar-refractivity contribution in [1.82, 2.24) is 15.1 Å². The first-order valence-electron chi connectivity index (χ1n) is 8.68. The molecule has 1 saturated heterocycles. The second kappa shape index (κ2) is 8.27. The average molecular weight is 438 g/mol. The number of piperidine rings is 1. The van der Waals surface area contributed by atoms with E-state index in [1.165, 1.54) is 0 Å². The Balaban J connectivity index is 1.76. The smallest absolute Gasteiger partial charge is 0.297 e. The molecule has 2 aromatic rings. The van der Waals surface area contributed by atoms with Crippen molar-refractivity contribution in [3.8, 4) is 0 Å². The van der Waals surface area contributed by atoms with Gasteiger partial charge in [-0.3, -0.25) is 15.0 Å². The Bertz CT molecular complexity index is 841. The Morgan fingerprint density at radius 3 is 2.10 bits per heavy atom. The lowest BCUT2D eigenvalue weighted by Gasteiger charge is -2.24. The molecule has 0 unspecified atom stereocenters. The molecule has 0 bridgehead atoms. The minimum atomic E-state index is -5.03. The largest absolute Gasteiger partial charge is 0.416 e. The number of hydrogen-bond acceptors (Lipinski definition) is 5. The van der Waals surface area contributed by atoms with Crippen LogP contribution < -0.4 is 5.32 Å². The Morgan fingerprint density at radius 2 is 1.55 bits per heavy atom. The van der Waals surface area contributed by atoms with Gasteiger partial charge in [0.15, 0.2) is 0 Å². The van der Waals surface area contributed by atoms with E-state index in [0.29, 0.717) is 23.7 Å². The quantitative estimate of drug-likeness (QED) is 0.696. The molecule has 1 aliphatic rings. The van der Waals surface area contributed by atoms with Crippen LogP contribution in [0.5, 0.6) is 0 Å². The van der Waals surface area contributed by atoms with Crippen molar-refractivity contribution in [2.45, 2.75) is 38.2 Å². The number of alkyl halides is 6. The van der Waals surface area contributed by atoms with Gasteiger partial charge in [-0.1, -0.05) is 17.8 Å². The first-order chi connectivity index (χ1) is 13.5. The standard InChI is InChI=1S/C17H16F6N4OS/c18-16(19,20)11-6-10(7-12(8-11)17(21,22)23)14(28)24-15-26-25-13(29-15)9-27-4-2-1-3-5-27/h6-8H,1-5,9H2,(H,24,26,28). The molecule has 0 saturated carbocycles. The second-order valence-corrected chi connectivity index (χ2v) is 7.65. The highest BCUT2D eigenvalue weighted by Crippen LogP contribution is 2.36. The van der Waals surface area contributed by atoms with Gasteiger partial charge in [0.25, 0.3) is 5.91 Å². The van der Waals surface area contributed by atoms with Gasteiger partial charge in [-0.15, -0.1) is 10.2 Å². The summed E-state index contributed by atoms with van der Waals surface area (Å²) in [4.78, 5) is 14.4. The summed E-state index contributed by atoms with van der Waals surface area (Å²) in [7, 11) is 0. The number of aromatic nitrogens is 2. The number of benzene rings is 1. The zero-order valence-electron chi connectivity index (χ0n) is 14.9. The normalized spacial score (nSPS) is 16.1. The molecule has 1 aromatic carbocycles. The predicted octanol–water partition coefficient (Wildman–Crippen LogP) is 4.81. The molecule has 3 rings (SSSR count). The molecule has 0 atom stereocenters. The summed E-state index contributed by atoms with van der Waals surface area (Å²) in [5.41, 5.74) is -3.87. The van der Waals surface area contributed by atoms with E-state index in [-0.39, 0.29) is 11.2 Å². The van der Waals surface area contributed by atoms with E-state index in [2.05, 4.69) is 20.4 Å². The number of nitrogens with zero attached hydrogens (tertiary/aromatic N) is 3. The molecule has 0 radical (unpaired) electrons. The molecule has 5 nitrogen and oxygen atoms in total. The number of carbonyl (C=O) groups is 1. The summed E-state index contributed by atoms with van der Waals surface area (Å²) in [6.45, 7) is 2.34. The van der Waals surface area contributed by atoms with Gasteiger partial charge in [-0.2, -0.15) is 26.3 Å². The maximum absolute atomic E-state index is 12.9. The summed E-state index contributed by atoms with van der Waals surface area (Å²) in [5, 5.41) is 10.5. The number of likely N-dealkylation sites (tertiary alicyclic amines) is 1. The average Bonchev–Trinajstić information content (AvgIpc) is 3.07. The fourth-order valence-electron chi connectivity index (χ4n) is 2.93. The fourth-order valence-corrected chi connectivity index (χ4v) is 3.71. The van der Waals surface area contributed by atoms with E-state index in [4.69, 9.17) is 0 Å². The Kier molecular flexibility index (Phi) is 6.13. The molecule has 1 fully saturated rings. The van der Waals surface area contributed by atoms with E-state index >= 15 is 0 Å². The molecule has 12 heteroatoms. The molecule has 29 heavy (non-hydrogen) atoms. The highest BCUT2D eigenvalue weighted by molar-refractivity contribution is 7.15. The number of hydrogen-bond donors (Lipinski definition) is 1. The summed E-state index contributed by atoms with van der Waals surface area (Å²) in [6.07, 6.45) is -6.76. The summed E-state index contributed by atoms with van der Waals surface area (Å²) in [5.74, 6) is -1.12. The van der Waals surface area contributed by atoms with E-state index in [1.807, 2.05) is 0 Å². The molecule has 1 amide bonds. The number of rotatable bonds is 4. The molecule has 1 N–H and O–H groups in total. The number of carbonyl (C=O) groups excluding carboxylic acids is 1. The lowest BCUT2D eigenvalue weighted by atomic mass is 10.0. The maximum Gasteiger partial charge on any atom is 0.416 e. The van der Waals surface area contributed by atoms with Crippen molar-refractivity contribution in [3.63, 3.8) is 0 Å². The van der Waals surface area contributed by atoms with Crippen molar-refractivity contribution in [1.29, 1.82) is 0 Å². The van der Waals surface area contributed by atoms with Crippen LogP contribution in [-0.4, -0.2) is 34.1 Å². The molecule has 158 valence electrons. The third kappa shape index (κ3) is 5.66. The van der Waals surface area contributed by atoms with Crippen molar-refractivity contribution < 1.29 is 31.1 Å². The lowest BCUT2D eigenvalue weighted by Crippen LogP contribution is -2.28. The molecule has 0 spiro atoms. The topological polar surface area (TPSA) is 58.1 Å².